The molecule has 2 aromatic heterocycles. The van der Waals surface area contributed by atoms with E-state index in [9.17, 15) is 9.18 Å². The fourth-order valence-corrected chi connectivity index (χ4v) is 2.10. The first-order valence-corrected chi connectivity index (χ1v) is 6.13. The third-order valence-electron chi connectivity index (χ3n) is 1.65. The van der Waals surface area contributed by atoms with Crippen molar-refractivity contribution in [3.05, 3.63) is 33.5 Å². The minimum atomic E-state index is -0.742. The van der Waals surface area contributed by atoms with Crippen molar-refractivity contribution >= 4 is 50.1 Å². The fraction of sp³-hybridized carbons (Fsp3) is 0. The van der Waals surface area contributed by atoms with Gasteiger partial charge in [-0.15, -0.1) is 0 Å². The summed E-state index contributed by atoms with van der Waals surface area (Å²) >= 11 is 9.52. The van der Waals surface area contributed by atoms with Crippen LogP contribution in [0.2, 0.25) is 5.28 Å². The van der Waals surface area contributed by atoms with E-state index in [0.29, 0.717) is 4.47 Å². The van der Waals surface area contributed by atoms with Crippen LogP contribution in [-0.4, -0.2) is 20.2 Å². The molecule has 9 heteroatoms. The summed E-state index contributed by atoms with van der Waals surface area (Å²) in [4.78, 5) is 18.9. The van der Waals surface area contributed by atoms with E-state index >= 15 is 0 Å². The fourth-order valence-electron chi connectivity index (χ4n) is 0.990. The van der Waals surface area contributed by atoms with E-state index in [0.717, 1.165) is 17.6 Å². The van der Waals surface area contributed by atoms with Crippen LogP contribution in [0.1, 0.15) is 10.5 Å². The standard InChI is InChI=1S/C8H3BrClFN4OS/c9-3-1-2-4(11)12-5(3)6(16)13-8-14-7(10)15-17-8/h1-2H,(H,13,14,15,16). The van der Waals surface area contributed by atoms with Crippen LogP contribution in [0.4, 0.5) is 9.52 Å². The molecular weight excluding hydrogens is 335 g/mol. The molecule has 0 unspecified atom stereocenters. The van der Waals surface area contributed by atoms with Gasteiger partial charge in [-0.1, -0.05) is 0 Å². The van der Waals surface area contributed by atoms with Crippen molar-refractivity contribution in [3.8, 4) is 0 Å². The zero-order valence-corrected chi connectivity index (χ0v) is 11.1. The van der Waals surface area contributed by atoms with Gasteiger partial charge in [-0.05, 0) is 39.7 Å². The predicted octanol–water partition coefficient (Wildman–Crippen LogP) is 2.74. The Hall–Kier alpha value is -1.12. The number of anilines is 1. The maximum atomic E-state index is 12.9. The molecule has 1 amide bonds. The summed E-state index contributed by atoms with van der Waals surface area (Å²) in [5, 5.41) is 2.67. The summed E-state index contributed by atoms with van der Waals surface area (Å²) < 4.78 is 17.0. The highest BCUT2D eigenvalue weighted by Gasteiger charge is 2.15. The highest BCUT2D eigenvalue weighted by atomic mass is 79.9. The van der Waals surface area contributed by atoms with Crippen molar-refractivity contribution in [2.45, 2.75) is 0 Å². The molecule has 5 nitrogen and oxygen atoms in total. The van der Waals surface area contributed by atoms with E-state index in [1.54, 1.807) is 0 Å². The van der Waals surface area contributed by atoms with E-state index in [1.165, 1.54) is 6.07 Å². The molecule has 0 aromatic carbocycles. The van der Waals surface area contributed by atoms with Crippen LogP contribution < -0.4 is 5.32 Å². The Kier molecular flexibility index (Phi) is 3.65. The summed E-state index contributed by atoms with van der Waals surface area (Å²) in [6, 6.07) is 2.53. The zero-order valence-electron chi connectivity index (χ0n) is 7.95. The number of hydrogen-bond acceptors (Lipinski definition) is 5. The van der Waals surface area contributed by atoms with Gasteiger partial charge < -0.3 is 0 Å². The quantitative estimate of drug-likeness (QED) is 0.856. The molecule has 0 aliphatic carbocycles. The lowest BCUT2D eigenvalue weighted by Crippen LogP contribution is -2.14. The molecule has 0 aliphatic heterocycles. The van der Waals surface area contributed by atoms with Crippen LogP contribution in [-0.2, 0) is 0 Å². The van der Waals surface area contributed by atoms with E-state index in [1.807, 2.05) is 0 Å². The number of carbonyl (C=O) groups is 1. The van der Waals surface area contributed by atoms with Crippen molar-refractivity contribution in [1.82, 2.24) is 14.3 Å². The Labute approximate surface area is 112 Å². The van der Waals surface area contributed by atoms with Crippen LogP contribution in [0.5, 0.6) is 0 Å². The Balaban J connectivity index is 2.22. The molecule has 0 aliphatic rings. The summed E-state index contributed by atoms with van der Waals surface area (Å²) in [5.41, 5.74) is -0.0728. The smallest absolute Gasteiger partial charge is 0.277 e. The van der Waals surface area contributed by atoms with Gasteiger partial charge in [-0.25, -0.2) is 4.98 Å². The molecule has 0 saturated heterocycles. The van der Waals surface area contributed by atoms with Gasteiger partial charge in [0, 0.05) is 16.0 Å². The van der Waals surface area contributed by atoms with Crippen molar-refractivity contribution < 1.29 is 9.18 Å². The van der Waals surface area contributed by atoms with E-state index in [4.69, 9.17) is 11.6 Å². The molecule has 0 atom stereocenters. The second kappa shape index (κ2) is 5.03. The van der Waals surface area contributed by atoms with Crippen molar-refractivity contribution in [1.29, 1.82) is 0 Å². The number of nitrogens with zero attached hydrogens (tertiary/aromatic N) is 3. The number of amides is 1. The lowest BCUT2D eigenvalue weighted by atomic mass is 10.3. The summed E-state index contributed by atoms with van der Waals surface area (Å²) in [5.74, 6) is -1.34. The molecule has 1 N–H and O–H groups in total. The first kappa shape index (κ1) is 12.3. The number of pyridine rings is 1. The van der Waals surface area contributed by atoms with Crippen LogP contribution in [0.25, 0.3) is 0 Å². The van der Waals surface area contributed by atoms with Crippen LogP contribution in [0, 0.1) is 5.95 Å². The molecule has 2 aromatic rings. The first-order chi connectivity index (χ1) is 8.06. The van der Waals surface area contributed by atoms with Crippen LogP contribution >= 0.6 is 39.1 Å². The average molecular weight is 338 g/mol. The molecule has 0 bridgehead atoms. The monoisotopic (exact) mass is 336 g/mol. The Bertz CT molecular complexity index is 578. The molecule has 17 heavy (non-hydrogen) atoms. The average Bonchev–Trinajstić information content (AvgIpc) is 2.67. The molecular formula is C8H3BrClFN4OS. The van der Waals surface area contributed by atoms with Gasteiger partial charge in [-0.2, -0.15) is 13.7 Å². The van der Waals surface area contributed by atoms with Gasteiger partial charge in [0.1, 0.15) is 5.69 Å². The van der Waals surface area contributed by atoms with Gasteiger partial charge in [-0.3, -0.25) is 10.1 Å². The third kappa shape index (κ3) is 2.96. The lowest BCUT2D eigenvalue weighted by Gasteiger charge is -2.02. The van der Waals surface area contributed by atoms with Gasteiger partial charge in [0.25, 0.3) is 5.91 Å². The second-order valence-electron chi connectivity index (χ2n) is 2.79. The zero-order chi connectivity index (χ0) is 12.4. The SMILES string of the molecule is O=C(Nc1nc(Cl)ns1)c1nc(F)ccc1Br. The molecule has 2 heterocycles. The van der Waals surface area contributed by atoms with E-state index in [2.05, 4.69) is 35.6 Å². The van der Waals surface area contributed by atoms with Gasteiger partial charge in [0.05, 0.1) is 0 Å². The summed E-state index contributed by atoms with van der Waals surface area (Å²) in [6.07, 6.45) is 0. The maximum absolute atomic E-state index is 12.9. The van der Waals surface area contributed by atoms with Gasteiger partial charge in [0.15, 0.2) is 0 Å². The van der Waals surface area contributed by atoms with E-state index in [-0.39, 0.29) is 16.1 Å². The number of rotatable bonds is 2. The van der Waals surface area contributed by atoms with Crippen molar-refractivity contribution in [2.24, 2.45) is 0 Å². The number of nitrogens with one attached hydrogen (secondary N) is 1. The Morgan fingerprint density at radius 3 is 2.88 bits per heavy atom. The second-order valence-corrected chi connectivity index (χ2v) is 4.73. The molecule has 0 radical (unpaired) electrons. The number of halogens is 3. The number of hydrogen-bond donors (Lipinski definition) is 1. The Morgan fingerprint density at radius 1 is 1.47 bits per heavy atom. The topological polar surface area (TPSA) is 67.8 Å². The maximum Gasteiger partial charge on any atom is 0.277 e. The minimum absolute atomic E-state index is 0.0385. The Morgan fingerprint density at radius 2 is 2.24 bits per heavy atom. The molecule has 0 fully saturated rings. The lowest BCUT2D eigenvalue weighted by molar-refractivity contribution is 0.102. The van der Waals surface area contributed by atoms with Crippen molar-refractivity contribution in [3.63, 3.8) is 0 Å². The molecule has 2 rings (SSSR count). The number of aromatic nitrogens is 3. The van der Waals surface area contributed by atoms with Crippen LogP contribution in [0.15, 0.2) is 16.6 Å². The van der Waals surface area contributed by atoms with Crippen molar-refractivity contribution in [2.75, 3.05) is 5.32 Å². The summed E-state index contributed by atoms with van der Waals surface area (Å²) in [6.45, 7) is 0. The summed E-state index contributed by atoms with van der Waals surface area (Å²) in [7, 11) is 0. The largest absolute Gasteiger partial charge is 0.295 e. The van der Waals surface area contributed by atoms with Gasteiger partial charge in [0.2, 0.25) is 16.4 Å². The van der Waals surface area contributed by atoms with Crippen LogP contribution in [0.3, 0.4) is 0 Å². The normalized spacial score (nSPS) is 10.3. The third-order valence-corrected chi connectivity index (χ3v) is 3.19. The van der Waals surface area contributed by atoms with Gasteiger partial charge >= 0.3 is 0 Å². The highest BCUT2D eigenvalue weighted by molar-refractivity contribution is 9.10. The molecule has 0 saturated carbocycles. The first-order valence-electron chi connectivity index (χ1n) is 4.19. The minimum Gasteiger partial charge on any atom is -0.295 e. The molecule has 0 spiro atoms. The highest BCUT2D eigenvalue weighted by Crippen LogP contribution is 2.18. The predicted molar refractivity (Wildman–Crippen MR) is 64.8 cm³/mol. The molecule has 88 valence electrons. The van der Waals surface area contributed by atoms with E-state index < -0.39 is 11.9 Å². The number of carbonyl (C=O) groups excluding carboxylic acids is 1.